The fourth-order valence-corrected chi connectivity index (χ4v) is 1.68. The van der Waals surface area contributed by atoms with Crippen LogP contribution in [0.5, 0.6) is 0 Å². The molecule has 0 bridgehead atoms. The molecule has 0 fully saturated rings. The molecular weight excluding hydrogens is 220 g/mol. The number of nitrogens with two attached hydrogens (primary N) is 1. The van der Waals surface area contributed by atoms with Gasteiger partial charge in [-0.2, -0.15) is 9.61 Å². The fourth-order valence-electron chi connectivity index (χ4n) is 1.68. The number of aromatic carboxylic acids is 1. The molecule has 0 aliphatic carbocycles. The normalized spacial score (nSPS) is 11.2. The molecule has 0 saturated carbocycles. The number of nitrogens with zero attached hydrogens (tertiary/aromatic N) is 3. The van der Waals surface area contributed by atoms with Crippen LogP contribution >= 0.6 is 0 Å². The maximum atomic E-state index is 10.8. The molecule has 0 aromatic carbocycles. The van der Waals surface area contributed by atoms with Gasteiger partial charge in [-0.15, -0.1) is 0 Å². The smallest absolute Gasteiger partial charge is 0.356 e. The lowest BCUT2D eigenvalue weighted by atomic mass is 10.1. The van der Waals surface area contributed by atoms with Crippen molar-refractivity contribution >= 4 is 17.4 Å². The van der Waals surface area contributed by atoms with Crippen molar-refractivity contribution in [2.24, 2.45) is 5.92 Å². The molecule has 0 radical (unpaired) electrons. The van der Waals surface area contributed by atoms with Gasteiger partial charge in [0.25, 0.3) is 0 Å². The quantitative estimate of drug-likeness (QED) is 0.832. The lowest BCUT2D eigenvalue weighted by Crippen LogP contribution is -2.05. The number of fused-ring (bicyclic) bond motifs is 1. The summed E-state index contributed by atoms with van der Waals surface area (Å²) < 4.78 is 1.34. The topological polar surface area (TPSA) is 93.5 Å². The maximum absolute atomic E-state index is 10.8. The molecule has 0 spiro atoms. The van der Waals surface area contributed by atoms with E-state index < -0.39 is 5.97 Å². The summed E-state index contributed by atoms with van der Waals surface area (Å²) in [4.78, 5) is 15.1. The van der Waals surface area contributed by atoms with E-state index in [0.29, 0.717) is 17.4 Å². The second-order valence-electron chi connectivity index (χ2n) is 4.38. The first-order valence-corrected chi connectivity index (χ1v) is 5.36. The summed E-state index contributed by atoms with van der Waals surface area (Å²) in [5.74, 6) is -0.218. The molecule has 0 saturated heterocycles. The Morgan fingerprint density at radius 1 is 1.53 bits per heavy atom. The van der Waals surface area contributed by atoms with Crippen LogP contribution in [0, 0.1) is 5.92 Å². The Morgan fingerprint density at radius 2 is 2.24 bits per heavy atom. The highest BCUT2D eigenvalue weighted by Crippen LogP contribution is 2.14. The SMILES string of the molecule is CC(C)Cc1cc(N)n2nc(C(=O)O)cc2n1. The highest BCUT2D eigenvalue weighted by Gasteiger charge is 2.12. The van der Waals surface area contributed by atoms with Crippen molar-refractivity contribution in [2.45, 2.75) is 20.3 Å². The number of carboxylic acid groups (broad SMARTS) is 1. The number of hydrogen-bond acceptors (Lipinski definition) is 4. The van der Waals surface area contributed by atoms with E-state index in [1.165, 1.54) is 10.6 Å². The number of nitrogen functional groups attached to an aromatic ring is 1. The number of carboxylic acids is 1. The predicted octanol–water partition coefficient (Wildman–Crippen LogP) is 1.21. The molecule has 6 heteroatoms. The first-order valence-electron chi connectivity index (χ1n) is 5.36. The first-order chi connectivity index (χ1) is 7.97. The molecule has 0 atom stereocenters. The zero-order chi connectivity index (χ0) is 12.6. The standard InChI is InChI=1S/C11H14N4O2/c1-6(2)3-7-4-9(12)15-10(13-7)5-8(14-15)11(16)17/h4-6H,3,12H2,1-2H3,(H,16,17). The summed E-state index contributed by atoms with van der Waals surface area (Å²) >= 11 is 0. The molecule has 2 aromatic rings. The van der Waals surface area contributed by atoms with E-state index in [9.17, 15) is 4.79 Å². The highest BCUT2D eigenvalue weighted by atomic mass is 16.4. The monoisotopic (exact) mass is 234 g/mol. The largest absolute Gasteiger partial charge is 0.476 e. The van der Waals surface area contributed by atoms with Gasteiger partial charge in [0.1, 0.15) is 5.82 Å². The van der Waals surface area contributed by atoms with Crippen molar-refractivity contribution in [3.63, 3.8) is 0 Å². The average molecular weight is 234 g/mol. The second-order valence-corrected chi connectivity index (χ2v) is 4.38. The van der Waals surface area contributed by atoms with Crippen LogP contribution in [0.3, 0.4) is 0 Å². The van der Waals surface area contributed by atoms with Gasteiger partial charge in [-0.05, 0) is 12.3 Å². The van der Waals surface area contributed by atoms with E-state index >= 15 is 0 Å². The van der Waals surface area contributed by atoms with Gasteiger partial charge < -0.3 is 10.8 Å². The van der Waals surface area contributed by atoms with Gasteiger partial charge in [0.2, 0.25) is 0 Å². The zero-order valence-corrected chi connectivity index (χ0v) is 9.71. The molecule has 0 amide bonds. The zero-order valence-electron chi connectivity index (χ0n) is 9.71. The minimum Gasteiger partial charge on any atom is -0.476 e. The third-order valence-corrected chi connectivity index (χ3v) is 2.34. The van der Waals surface area contributed by atoms with Crippen LogP contribution in [-0.4, -0.2) is 25.7 Å². The number of hydrogen-bond donors (Lipinski definition) is 2. The molecule has 90 valence electrons. The van der Waals surface area contributed by atoms with Crippen molar-refractivity contribution < 1.29 is 9.90 Å². The molecule has 0 aliphatic rings. The van der Waals surface area contributed by atoms with Gasteiger partial charge in [-0.3, -0.25) is 0 Å². The van der Waals surface area contributed by atoms with Crippen LogP contribution in [0.4, 0.5) is 5.82 Å². The summed E-state index contributed by atoms with van der Waals surface area (Å²) in [6.45, 7) is 4.17. The van der Waals surface area contributed by atoms with Crippen LogP contribution in [-0.2, 0) is 6.42 Å². The van der Waals surface area contributed by atoms with Gasteiger partial charge in [-0.1, -0.05) is 13.8 Å². The van der Waals surface area contributed by atoms with Gasteiger partial charge in [-0.25, -0.2) is 9.78 Å². The van der Waals surface area contributed by atoms with Crippen LogP contribution < -0.4 is 5.73 Å². The lowest BCUT2D eigenvalue weighted by molar-refractivity contribution is 0.0690. The van der Waals surface area contributed by atoms with Gasteiger partial charge in [0, 0.05) is 17.8 Å². The van der Waals surface area contributed by atoms with Gasteiger partial charge in [0.15, 0.2) is 11.3 Å². The summed E-state index contributed by atoms with van der Waals surface area (Å²) in [6, 6.07) is 3.15. The van der Waals surface area contributed by atoms with Crippen LogP contribution in [0.1, 0.15) is 30.0 Å². The molecule has 0 unspecified atom stereocenters. The van der Waals surface area contributed by atoms with Crippen molar-refractivity contribution in [1.29, 1.82) is 0 Å². The van der Waals surface area contributed by atoms with Crippen LogP contribution in [0.25, 0.3) is 5.65 Å². The van der Waals surface area contributed by atoms with Crippen molar-refractivity contribution in [3.05, 3.63) is 23.5 Å². The highest BCUT2D eigenvalue weighted by molar-refractivity contribution is 5.86. The van der Waals surface area contributed by atoms with Gasteiger partial charge in [0.05, 0.1) is 0 Å². The van der Waals surface area contributed by atoms with Crippen LogP contribution in [0.2, 0.25) is 0 Å². The predicted molar refractivity (Wildman–Crippen MR) is 62.9 cm³/mol. The Balaban J connectivity index is 2.53. The molecule has 6 nitrogen and oxygen atoms in total. The van der Waals surface area contributed by atoms with Crippen molar-refractivity contribution in [2.75, 3.05) is 5.73 Å². The fraction of sp³-hybridized carbons (Fsp3) is 0.364. The van der Waals surface area contributed by atoms with E-state index in [1.807, 2.05) is 0 Å². The van der Waals surface area contributed by atoms with Crippen molar-refractivity contribution in [1.82, 2.24) is 14.6 Å². The van der Waals surface area contributed by atoms with Gasteiger partial charge >= 0.3 is 5.97 Å². The number of anilines is 1. The Hall–Kier alpha value is -2.11. The summed E-state index contributed by atoms with van der Waals surface area (Å²) in [5, 5.41) is 12.7. The summed E-state index contributed by atoms with van der Waals surface area (Å²) in [5.41, 5.74) is 7.08. The average Bonchev–Trinajstić information content (AvgIpc) is 2.60. The Labute approximate surface area is 98.1 Å². The number of aromatic nitrogens is 3. The second kappa shape index (κ2) is 4.04. The molecule has 2 heterocycles. The Morgan fingerprint density at radius 3 is 2.82 bits per heavy atom. The molecule has 2 aromatic heterocycles. The van der Waals surface area contributed by atoms with Crippen molar-refractivity contribution in [3.8, 4) is 0 Å². The van der Waals surface area contributed by atoms with E-state index in [4.69, 9.17) is 10.8 Å². The van der Waals surface area contributed by atoms with E-state index in [1.54, 1.807) is 6.07 Å². The van der Waals surface area contributed by atoms with E-state index in [0.717, 1.165) is 12.1 Å². The lowest BCUT2D eigenvalue weighted by Gasteiger charge is -2.06. The Kier molecular flexibility index (Phi) is 2.71. The maximum Gasteiger partial charge on any atom is 0.356 e. The number of carbonyl (C=O) groups is 1. The third-order valence-electron chi connectivity index (χ3n) is 2.34. The number of rotatable bonds is 3. The van der Waals surface area contributed by atoms with E-state index in [2.05, 4.69) is 23.9 Å². The molecule has 0 aliphatic heterocycles. The van der Waals surface area contributed by atoms with Crippen LogP contribution in [0.15, 0.2) is 12.1 Å². The minimum absolute atomic E-state index is 0.0501. The first kappa shape index (κ1) is 11.4. The molecule has 2 rings (SSSR count). The molecule has 17 heavy (non-hydrogen) atoms. The van der Waals surface area contributed by atoms with E-state index in [-0.39, 0.29) is 5.69 Å². The Bertz CT molecular complexity index is 574. The summed E-state index contributed by atoms with van der Waals surface area (Å²) in [6.07, 6.45) is 0.800. The summed E-state index contributed by atoms with van der Waals surface area (Å²) in [7, 11) is 0. The molecular formula is C11H14N4O2. The molecule has 3 N–H and O–H groups in total. The third kappa shape index (κ3) is 2.20. The minimum atomic E-state index is -1.08.